The molecule has 2 aromatic carbocycles. The van der Waals surface area contributed by atoms with Gasteiger partial charge in [0.25, 0.3) is 5.91 Å². The zero-order valence-electron chi connectivity index (χ0n) is 15.4. The Morgan fingerprint density at radius 2 is 1.86 bits per heavy atom. The lowest BCUT2D eigenvalue weighted by molar-refractivity contribution is -0.137. The number of halogens is 4. The van der Waals surface area contributed by atoms with Crippen LogP contribution in [0.15, 0.2) is 47.4 Å². The minimum atomic E-state index is -4.53. The Labute approximate surface area is 171 Å². The first-order valence-electron chi connectivity index (χ1n) is 8.30. The second kappa shape index (κ2) is 9.02. The summed E-state index contributed by atoms with van der Waals surface area (Å²) in [5.74, 6) is -0.659. The quantitative estimate of drug-likeness (QED) is 0.666. The van der Waals surface area contributed by atoms with E-state index in [4.69, 9.17) is 16.3 Å². The molecule has 0 unspecified atom stereocenters. The highest BCUT2D eigenvalue weighted by atomic mass is 35.5. The van der Waals surface area contributed by atoms with Gasteiger partial charge in [0.1, 0.15) is 5.75 Å². The Morgan fingerprint density at radius 1 is 1.17 bits per heavy atom. The van der Waals surface area contributed by atoms with Gasteiger partial charge in [-0.2, -0.15) is 13.2 Å². The van der Waals surface area contributed by atoms with Crippen molar-refractivity contribution in [2.75, 3.05) is 11.9 Å². The molecule has 0 aliphatic carbocycles. The van der Waals surface area contributed by atoms with Gasteiger partial charge in [0.05, 0.1) is 15.5 Å². The number of carbonyl (C=O) groups is 1. The number of rotatable bonds is 7. The Balaban J connectivity index is 2.02. The molecule has 29 heavy (non-hydrogen) atoms. The molecule has 0 saturated carbocycles. The molecule has 0 radical (unpaired) electrons. The molecule has 6 nitrogen and oxygen atoms in total. The van der Waals surface area contributed by atoms with E-state index in [2.05, 4.69) is 10.0 Å². The van der Waals surface area contributed by atoms with E-state index in [9.17, 15) is 26.4 Å². The van der Waals surface area contributed by atoms with Crippen molar-refractivity contribution < 1.29 is 31.1 Å². The van der Waals surface area contributed by atoms with Crippen molar-refractivity contribution >= 4 is 33.2 Å². The molecule has 0 fully saturated rings. The van der Waals surface area contributed by atoms with Gasteiger partial charge in [-0.25, -0.2) is 13.1 Å². The summed E-state index contributed by atoms with van der Waals surface area (Å²) >= 11 is 6.01. The fourth-order valence-electron chi connectivity index (χ4n) is 2.26. The lowest BCUT2D eigenvalue weighted by Crippen LogP contribution is -2.30. The minimum Gasteiger partial charge on any atom is -0.482 e. The lowest BCUT2D eigenvalue weighted by Gasteiger charge is -2.13. The highest BCUT2D eigenvalue weighted by molar-refractivity contribution is 7.89. The van der Waals surface area contributed by atoms with Gasteiger partial charge < -0.3 is 10.1 Å². The van der Waals surface area contributed by atoms with Gasteiger partial charge in [-0.3, -0.25) is 4.79 Å². The average Bonchev–Trinajstić information content (AvgIpc) is 2.59. The van der Waals surface area contributed by atoms with Crippen molar-refractivity contribution in [3.63, 3.8) is 0 Å². The normalized spacial score (nSPS) is 12.1. The number of hydrogen-bond acceptors (Lipinski definition) is 4. The molecular formula is C18H18ClF3N2O4S. The Kier molecular flexibility index (Phi) is 7.15. The highest BCUT2D eigenvalue weighted by Gasteiger charge is 2.30. The second-order valence-corrected chi connectivity index (χ2v) is 8.40. The third kappa shape index (κ3) is 6.62. The maximum absolute atomic E-state index is 12.7. The van der Waals surface area contributed by atoms with Crippen LogP contribution >= 0.6 is 11.6 Å². The summed E-state index contributed by atoms with van der Waals surface area (Å²) in [5.41, 5.74) is -0.938. The lowest BCUT2D eigenvalue weighted by atomic mass is 10.2. The standard InChI is InChI=1S/C18H18ClF3N2O4S/c1-11(2)24-29(26,27)14-6-7-16(15(19)9-14)28-10-17(25)23-13-5-3-4-12(8-13)18(20,21)22/h3-9,11,24H,10H2,1-2H3,(H,23,25). The first kappa shape index (κ1) is 23.0. The van der Waals surface area contributed by atoms with Gasteiger partial charge in [0.2, 0.25) is 10.0 Å². The van der Waals surface area contributed by atoms with Crippen LogP contribution in [0.4, 0.5) is 18.9 Å². The first-order valence-corrected chi connectivity index (χ1v) is 10.2. The number of sulfonamides is 1. The van der Waals surface area contributed by atoms with Gasteiger partial charge >= 0.3 is 6.18 Å². The van der Waals surface area contributed by atoms with Crippen LogP contribution in [0.2, 0.25) is 5.02 Å². The third-order valence-corrected chi connectivity index (χ3v) is 5.39. The van der Waals surface area contributed by atoms with Crippen LogP contribution in [0.1, 0.15) is 19.4 Å². The SMILES string of the molecule is CC(C)NS(=O)(=O)c1ccc(OCC(=O)Nc2cccc(C(F)(F)F)c2)c(Cl)c1. The average molecular weight is 451 g/mol. The molecule has 2 N–H and O–H groups in total. The Morgan fingerprint density at radius 3 is 2.45 bits per heavy atom. The van der Waals surface area contributed by atoms with E-state index in [0.717, 1.165) is 12.1 Å². The summed E-state index contributed by atoms with van der Waals surface area (Å²) in [5, 5.41) is 2.25. The zero-order chi connectivity index (χ0) is 21.8. The predicted molar refractivity (Wildman–Crippen MR) is 102 cm³/mol. The molecule has 0 aliphatic rings. The van der Waals surface area contributed by atoms with Crippen LogP contribution in [0.5, 0.6) is 5.75 Å². The number of ether oxygens (including phenoxy) is 1. The summed E-state index contributed by atoms with van der Waals surface area (Å²) in [6.07, 6.45) is -4.53. The first-order chi connectivity index (χ1) is 13.4. The maximum atomic E-state index is 12.7. The topological polar surface area (TPSA) is 84.5 Å². The van der Waals surface area contributed by atoms with Gasteiger partial charge in [0, 0.05) is 11.7 Å². The summed E-state index contributed by atoms with van der Waals surface area (Å²) in [7, 11) is -3.75. The van der Waals surface area contributed by atoms with E-state index >= 15 is 0 Å². The van der Waals surface area contributed by atoms with E-state index in [1.54, 1.807) is 13.8 Å². The molecule has 11 heteroatoms. The Hall–Kier alpha value is -2.30. The number of nitrogens with one attached hydrogen (secondary N) is 2. The Bertz CT molecular complexity index is 995. The van der Waals surface area contributed by atoms with E-state index in [1.165, 1.54) is 30.3 Å². The van der Waals surface area contributed by atoms with Crippen molar-refractivity contribution in [1.82, 2.24) is 4.72 Å². The van der Waals surface area contributed by atoms with E-state index in [-0.39, 0.29) is 27.4 Å². The number of alkyl halides is 3. The van der Waals surface area contributed by atoms with Crippen molar-refractivity contribution in [3.8, 4) is 5.75 Å². The van der Waals surface area contributed by atoms with E-state index < -0.39 is 34.3 Å². The molecule has 158 valence electrons. The largest absolute Gasteiger partial charge is 0.482 e. The molecule has 0 aliphatic heterocycles. The molecule has 1 amide bonds. The van der Waals surface area contributed by atoms with Crippen molar-refractivity contribution in [2.24, 2.45) is 0 Å². The summed E-state index contributed by atoms with van der Waals surface area (Å²) in [4.78, 5) is 11.9. The molecule has 0 bridgehead atoms. The predicted octanol–water partition coefficient (Wildman–Crippen LogP) is 4.06. The minimum absolute atomic E-state index is 0.0384. The fraction of sp³-hybridized carbons (Fsp3) is 0.278. The fourth-order valence-corrected chi connectivity index (χ4v) is 3.83. The zero-order valence-corrected chi connectivity index (χ0v) is 17.0. The van der Waals surface area contributed by atoms with Gasteiger partial charge in [-0.15, -0.1) is 0 Å². The smallest absolute Gasteiger partial charge is 0.416 e. The van der Waals surface area contributed by atoms with Crippen molar-refractivity contribution in [1.29, 1.82) is 0 Å². The highest BCUT2D eigenvalue weighted by Crippen LogP contribution is 2.31. The van der Waals surface area contributed by atoms with Crippen LogP contribution in [-0.4, -0.2) is 27.0 Å². The number of amides is 1. The van der Waals surface area contributed by atoms with E-state index in [1.807, 2.05) is 0 Å². The van der Waals surface area contributed by atoms with Crippen LogP contribution in [-0.2, 0) is 21.0 Å². The molecule has 0 saturated heterocycles. The molecule has 0 aromatic heterocycles. The molecule has 0 atom stereocenters. The van der Waals surface area contributed by atoms with Crippen LogP contribution < -0.4 is 14.8 Å². The van der Waals surface area contributed by atoms with Crippen LogP contribution in [0.3, 0.4) is 0 Å². The van der Waals surface area contributed by atoms with Crippen molar-refractivity contribution in [3.05, 3.63) is 53.1 Å². The second-order valence-electron chi connectivity index (χ2n) is 6.28. The van der Waals surface area contributed by atoms with E-state index in [0.29, 0.717) is 0 Å². The summed E-state index contributed by atoms with van der Waals surface area (Å²) in [6, 6.07) is 7.57. The third-order valence-electron chi connectivity index (χ3n) is 3.44. The van der Waals surface area contributed by atoms with Gasteiger partial charge in [-0.1, -0.05) is 17.7 Å². The van der Waals surface area contributed by atoms with Gasteiger partial charge in [-0.05, 0) is 50.2 Å². The van der Waals surface area contributed by atoms with Crippen LogP contribution in [0.25, 0.3) is 0 Å². The summed E-state index contributed by atoms with van der Waals surface area (Å²) < 4.78 is 70.0. The molecule has 2 aromatic rings. The van der Waals surface area contributed by atoms with Crippen LogP contribution in [0, 0.1) is 0 Å². The molecule has 2 rings (SSSR count). The number of benzene rings is 2. The molecule has 0 spiro atoms. The number of anilines is 1. The monoisotopic (exact) mass is 450 g/mol. The maximum Gasteiger partial charge on any atom is 0.416 e. The molecule has 0 heterocycles. The molecular weight excluding hydrogens is 433 g/mol. The number of carbonyl (C=O) groups excluding carboxylic acids is 1. The summed E-state index contributed by atoms with van der Waals surface area (Å²) in [6.45, 7) is 2.80. The number of hydrogen-bond donors (Lipinski definition) is 2. The van der Waals surface area contributed by atoms with Crippen molar-refractivity contribution in [2.45, 2.75) is 31.0 Å². The van der Waals surface area contributed by atoms with Gasteiger partial charge in [0.15, 0.2) is 6.61 Å².